The largest absolute Gasteiger partial charge is 0.497 e. The van der Waals surface area contributed by atoms with E-state index in [4.69, 9.17) is 14.0 Å². The molecule has 31 heavy (non-hydrogen) atoms. The van der Waals surface area contributed by atoms with E-state index in [0.717, 1.165) is 31.5 Å². The lowest BCUT2D eigenvalue weighted by molar-refractivity contribution is -0.121. The fourth-order valence-electron chi connectivity index (χ4n) is 3.71. The van der Waals surface area contributed by atoms with Crippen molar-refractivity contribution in [3.05, 3.63) is 54.4 Å². The molecule has 0 spiro atoms. The minimum atomic E-state index is -0.0604. The molecule has 4 rings (SSSR count). The minimum Gasteiger partial charge on any atom is -0.497 e. The third-order valence-electron chi connectivity index (χ3n) is 5.48. The van der Waals surface area contributed by atoms with E-state index in [0.29, 0.717) is 35.4 Å². The zero-order chi connectivity index (χ0) is 21.6. The molecule has 1 fully saturated rings. The lowest BCUT2D eigenvalue weighted by Gasteiger charge is -2.30. The fraction of sp³-hybridized carbons (Fsp3) is 0.348. The highest BCUT2D eigenvalue weighted by Crippen LogP contribution is 2.30. The number of methoxy groups -OCH3 is 2. The van der Waals surface area contributed by atoms with Crippen LogP contribution in [0.25, 0.3) is 11.4 Å². The number of hydrogen-bond acceptors (Lipinski definition) is 7. The number of nitrogens with one attached hydrogen (secondary N) is 1. The van der Waals surface area contributed by atoms with Crippen LogP contribution in [-0.4, -0.2) is 48.3 Å². The predicted octanol–water partition coefficient (Wildman–Crippen LogP) is 3.60. The number of nitrogens with zero attached hydrogens (tertiary/aromatic N) is 3. The maximum absolute atomic E-state index is 12.8. The van der Waals surface area contributed by atoms with Gasteiger partial charge in [0.05, 0.1) is 26.5 Å². The van der Waals surface area contributed by atoms with Crippen molar-refractivity contribution in [2.45, 2.75) is 19.4 Å². The van der Waals surface area contributed by atoms with Crippen molar-refractivity contribution < 1.29 is 18.8 Å². The van der Waals surface area contributed by atoms with E-state index in [2.05, 4.69) is 20.4 Å². The van der Waals surface area contributed by atoms with Gasteiger partial charge in [0, 0.05) is 17.5 Å². The lowest BCUT2D eigenvalue weighted by Crippen LogP contribution is -2.37. The molecule has 3 aromatic rings. The van der Waals surface area contributed by atoms with Crippen LogP contribution in [0.5, 0.6) is 11.5 Å². The maximum Gasteiger partial charge on any atom is 0.241 e. The van der Waals surface area contributed by atoms with Gasteiger partial charge in [0.15, 0.2) is 0 Å². The van der Waals surface area contributed by atoms with Crippen LogP contribution in [-0.2, 0) is 11.3 Å². The molecule has 0 radical (unpaired) electrons. The molecule has 0 aliphatic carbocycles. The van der Waals surface area contributed by atoms with Crippen molar-refractivity contribution in [1.29, 1.82) is 0 Å². The SMILES string of the molecule is COc1ccc(OC)c(NC(=O)C2CCN(Cc3nc(-c4ccccc4)no3)CC2)c1. The van der Waals surface area contributed by atoms with Crippen LogP contribution < -0.4 is 14.8 Å². The molecular weight excluding hydrogens is 396 g/mol. The Balaban J connectivity index is 1.31. The van der Waals surface area contributed by atoms with E-state index in [1.165, 1.54) is 0 Å². The molecule has 1 amide bonds. The van der Waals surface area contributed by atoms with Crippen LogP contribution in [0.2, 0.25) is 0 Å². The van der Waals surface area contributed by atoms with Crippen LogP contribution >= 0.6 is 0 Å². The van der Waals surface area contributed by atoms with Crippen LogP contribution in [0.3, 0.4) is 0 Å². The maximum atomic E-state index is 12.8. The molecule has 8 nitrogen and oxygen atoms in total. The van der Waals surface area contributed by atoms with E-state index < -0.39 is 0 Å². The second kappa shape index (κ2) is 9.61. The number of rotatable bonds is 7. The summed E-state index contributed by atoms with van der Waals surface area (Å²) in [6, 6.07) is 15.1. The molecule has 0 atom stereocenters. The Kier molecular flexibility index (Phi) is 6.47. The van der Waals surface area contributed by atoms with E-state index >= 15 is 0 Å². The highest BCUT2D eigenvalue weighted by atomic mass is 16.5. The van der Waals surface area contributed by atoms with Gasteiger partial charge in [0.2, 0.25) is 17.6 Å². The Morgan fingerprint density at radius 2 is 1.90 bits per heavy atom. The van der Waals surface area contributed by atoms with Gasteiger partial charge in [-0.3, -0.25) is 9.69 Å². The van der Waals surface area contributed by atoms with Crippen LogP contribution in [0.15, 0.2) is 53.1 Å². The van der Waals surface area contributed by atoms with E-state index in [9.17, 15) is 4.79 Å². The quantitative estimate of drug-likeness (QED) is 0.622. The van der Waals surface area contributed by atoms with Gasteiger partial charge in [-0.25, -0.2) is 0 Å². The molecule has 2 aromatic carbocycles. The molecule has 1 N–H and O–H groups in total. The van der Waals surface area contributed by atoms with Gasteiger partial charge in [-0.1, -0.05) is 35.5 Å². The van der Waals surface area contributed by atoms with E-state index in [-0.39, 0.29) is 11.8 Å². The first-order chi connectivity index (χ1) is 15.2. The average Bonchev–Trinajstić information content (AvgIpc) is 3.28. The number of carbonyl (C=O) groups is 1. The molecule has 1 saturated heterocycles. The summed E-state index contributed by atoms with van der Waals surface area (Å²) >= 11 is 0. The number of anilines is 1. The number of piperidine rings is 1. The number of likely N-dealkylation sites (tertiary alicyclic amines) is 1. The van der Waals surface area contributed by atoms with Gasteiger partial charge in [-0.2, -0.15) is 4.98 Å². The number of carbonyl (C=O) groups excluding carboxylic acids is 1. The molecular formula is C23H26N4O4. The standard InChI is InChI=1S/C23H26N4O4/c1-29-18-8-9-20(30-2)19(14-18)24-23(28)17-10-12-27(13-11-17)15-21-25-22(26-31-21)16-6-4-3-5-7-16/h3-9,14,17H,10-13,15H2,1-2H3,(H,24,28). The molecule has 2 heterocycles. The normalized spacial score (nSPS) is 14.9. The molecule has 1 aromatic heterocycles. The van der Waals surface area contributed by atoms with Gasteiger partial charge in [0.1, 0.15) is 11.5 Å². The Morgan fingerprint density at radius 3 is 2.61 bits per heavy atom. The van der Waals surface area contributed by atoms with Gasteiger partial charge < -0.3 is 19.3 Å². The van der Waals surface area contributed by atoms with Crippen LogP contribution in [0.1, 0.15) is 18.7 Å². The first kappa shape index (κ1) is 20.9. The summed E-state index contributed by atoms with van der Waals surface area (Å²) in [6.07, 6.45) is 1.52. The summed E-state index contributed by atoms with van der Waals surface area (Å²) in [5.74, 6) is 2.39. The third-order valence-corrected chi connectivity index (χ3v) is 5.48. The highest BCUT2D eigenvalue weighted by molar-refractivity contribution is 5.94. The van der Waals surface area contributed by atoms with Crippen molar-refractivity contribution in [1.82, 2.24) is 15.0 Å². The number of amides is 1. The predicted molar refractivity (Wildman–Crippen MR) is 116 cm³/mol. The van der Waals surface area contributed by atoms with Gasteiger partial charge in [-0.05, 0) is 38.1 Å². The number of ether oxygens (including phenoxy) is 2. The van der Waals surface area contributed by atoms with E-state index in [1.54, 1.807) is 32.4 Å². The van der Waals surface area contributed by atoms with Gasteiger partial charge in [-0.15, -0.1) is 0 Å². The van der Waals surface area contributed by atoms with Crippen molar-refractivity contribution in [3.8, 4) is 22.9 Å². The van der Waals surface area contributed by atoms with Crippen molar-refractivity contribution in [2.75, 3.05) is 32.6 Å². The summed E-state index contributed by atoms with van der Waals surface area (Å²) < 4.78 is 16.0. The average molecular weight is 422 g/mol. The number of hydrogen-bond donors (Lipinski definition) is 1. The second-order valence-electron chi connectivity index (χ2n) is 7.48. The van der Waals surface area contributed by atoms with Crippen molar-refractivity contribution >= 4 is 11.6 Å². The van der Waals surface area contributed by atoms with E-state index in [1.807, 2.05) is 30.3 Å². The van der Waals surface area contributed by atoms with Crippen molar-refractivity contribution in [3.63, 3.8) is 0 Å². The molecule has 1 aliphatic rings. The summed E-state index contributed by atoms with van der Waals surface area (Å²) in [7, 11) is 3.17. The van der Waals surface area contributed by atoms with Crippen LogP contribution in [0, 0.1) is 5.92 Å². The second-order valence-corrected chi connectivity index (χ2v) is 7.48. The first-order valence-corrected chi connectivity index (χ1v) is 10.3. The Labute approximate surface area is 181 Å². The molecule has 162 valence electrons. The van der Waals surface area contributed by atoms with Gasteiger partial charge in [0.25, 0.3) is 0 Å². The molecule has 0 unspecified atom stereocenters. The summed E-state index contributed by atoms with van der Waals surface area (Å²) in [5, 5.41) is 7.06. The molecule has 8 heteroatoms. The molecule has 0 saturated carbocycles. The zero-order valence-corrected chi connectivity index (χ0v) is 17.7. The first-order valence-electron chi connectivity index (χ1n) is 10.3. The molecule has 1 aliphatic heterocycles. The van der Waals surface area contributed by atoms with Crippen molar-refractivity contribution in [2.24, 2.45) is 5.92 Å². The topological polar surface area (TPSA) is 89.7 Å². The Hall–Kier alpha value is -3.39. The monoisotopic (exact) mass is 422 g/mol. The summed E-state index contributed by atoms with van der Waals surface area (Å²) in [6.45, 7) is 2.16. The Morgan fingerprint density at radius 1 is 1.13 bits per heavy atom. The summed E-state index contributed by atoms with van der Waals surface area (Å²) in [5.41, 5.74) is 1.55. The Bertz CT molecular complexity index is 1010. The minimum absolute atomic E-state index is 0.00430. The fourth-order valence-corrected chi connectivity index (χ4v) is 3.71. The third kappa shape index (κ3) is 5.03. The zero-order valence-electron chi connectivity index (χ0n) is 17.7. The number of aromatic nitrogens is 2. The lowest BCUT2D eigenvalue weighted by atomic mass is 9.95. The molecule has 0 bridgehead atoms. The summed E-state index contributed by atoms with van der Waals surface area (Å²) in [4.78, 5) is 19.5. The highest BCUT2D eigenvalue weighted by Gasteiger charge is 2.26. The van der Waals surface area contributed by atoms with Crippen LogP contribution in [0.4, 0.5) is 5.69 Å². The smallest absolute Gasteiger partial charge is 0.241 e. The van der Waals surface area contributed by atoms with Gasteiger partial charge >= 0.3 is 0 Å². The number of benzene rings is 2.